The maximum absolute atomic E-state index is 3.91. The van der Waals surface area contributed by atoms with Gasteiger partial charge in [-0.15, -0.1) is 16.4 Å². The Morgan fingerprint density at radius 1 is 1.29 bits per heavy atom. The van der Waals surface area contributed by atoms with E-state index in [-0.39, 0.29) is 0 Å². The first-order valence-electron chi connectivity index (χ1n) is 6.46. The highest BCUT2D eigenvalue weighted by Crippen LogP contribution is 2.27. The number of aromatic nitrogens is 4. The lowest BCUT2D eigenvalue weighted by atomic mass is 10.2. The van der Waals surface area contributed by atoms with E-state index in [1.54, 1.807) is 22.3 Å². The summed E-state index contributed by atoms with van der Waals surface area (Å²) < 4.78 is 2.84. The number of halogens is 1. The Morgan fingerprint density at radius 3 is 2.76 bits per heavy atom. The normalized spacial score (nSPS) is 10.8. The molecule has 21 heavy (non-hydrogen) atoms. The highest BCUT2D eigenvalue weighted by atomic mass is 79.9. The summed E-state index contributed by atoms with van der Waals surface area (Å²) >= 11 is 5.35. The van der Waals surface area contributed by atoms with E-state index in [1.807, 2.05) is 19.1 Å². The molecule has 0 atom stereocenters. The summed E-state index contributed by atoms with van der Waals surface area (Å²) in [5.74, 6) is 0. The first-order chi connectivity index (χ1) is 10.1. The lowest BCUT2D eigenvalue weighted by Gasteiger charge is -2.09. The number of aryl methyl sites for hydroxylation is 2. The van der Waals surface area contributed by atoms with E-state index < -0.39 is 0 Å². The SMILES string of the molecule is Cc1cc(NCc2cc(Br)c(C)s2)ccc1-n1cnnn1. The number of rotatable bonds is 4. The maximum Gasteiger partial charge on any atom is 0.143 e. The van der Waals surface area contributed by atoms with Crippen molar-refractivity contribution in [3.63, 3.8) is 0 Å². The van der Waals surface area contributed by atoms with Crippen molar-refractivity contribution < 1.29 is 0 Å². The van der Waals surface area contributed by atoms with Gasteiger partial charge in [0.25, 0.3) is 0 Å². The van der Waals surface area contributed by atoms with E-state index in [0.29, 0.717) is 0 Å². The van der Waals surface area contributed by atoms with E-state index >= 15 is 0 Å². The number of benzene rings is 1. The summed E-state index contributed by atoms with van der Waals surface area (Å²) in [5, 5.41) is 14.7. The third-order valence-corrected chi connectivity index (χ3v) is 5.30. The van der Waals surface area contributed by atoms with E-state index in [2.05, 4.69) is 55.8 Å². The monoisotopic (exact) mass is 363 g/mol. The molecule has 7 heteroatoms. The molecule has 0 saturated heterocycles. The van der Waals surface area contributed by atoms with Gasteiger partial charge in [-0.3, -0.25) is 0 Å². The average molecular weight is 364 g/mol. The van der Waals surface area contributed by atoms with Gasteiger partial charge in [0.05, 0.1) is 5.69 Å². The molecule has 0 radical (unpaired) electrons. The zero-order valence-electron chi connectivity index (χ0n) is 11.7. The summed E-state index contributed by atoms with van der Waals surface area (Å²) in [6, 6.07) is 8.32. The van der Waals surface area contributed by atoms with Crippen LogP contribution in [0.25, 0.3) is 5.69 Å². The Bertz CT molecular complexity index is 731. The predicted octanol–water partition coefficient (Wildman–Crippen LogP) is 3.72. The smallest absolute Gasteiger partial charge is 0.143 e. The minimum absolute atomic E-state index is 0.820. The van der Waals surface area contributed by atoms with Crippen LogP contribution in [0, 0.1) is 13.8 Å². The standard InChI is InChI=1S/C14H14BrN5S/c1-9-5-11(3-4-14(9)20-8-17-18-19-20)16-7-12-6-13(15)10(2)21-12/h3-6,8,16H,7H2,1-2H3. The van der Waals surface area contributed by atoms with E-state index in [4.69, 9.17) is 0 Å². The van der Waals surface area contributed by atoms with Crippen molar-refractivity contribution in [2.45, 2.75) is 20.4 Å². The van der Waals surface area contributed by atoms with Gasteiger partial charge in [0.15, 0.2) is 0 Å². The van der Waals surface area contributed by atoms with Crippen LogP contribution in [0.5, 0.6) is 0 Å². The molecular weight excluding hydrogens is 350 g/mol. The minimum Gasteiger partial charge on any atom is -0.380 e. The largest absolute Gasteiger partial charge is 0.380 e. The number of nitrogens with one attached hydrogen (secondary N) is 1. The van der Waals surface area contributed by atoms with E-state index in [0.717, 1.165) is 23.5 Å². The molecule has 1 N–H and O–H groups in total. The van der Waals surface area contributed by atoms with Crippen molar-refractivity contribution in [2.75, 3.05) is 5.32 Å². The highest BCUT2D eigenvalue weighted by molar-refractivity contribution is 9.10. The summed E-state index contributed by atoms with van der Waals surface area (Å²) in [6.45, 7) is 4.98. The molecule has 5 nitrogen and oxygen atoms in total. The molecule has 3 aromatic rings. The van der Waals surface area contributed by atoms with Gasteiger partial charge in [-0.1, -0.05) is 0 Å². The van der Waals surface area contributed by atoms with Crippen molar-refractivity contribution in [3.8, 4) is 5.69 Å². The molecule has 3 rings (SSSR count). The number of thiophene rings is 1. The molecule has 2 heterocycles. The molecule has 108 valence electrons. The molecule has 0 bridgehead atoms. The number of anilines is 1. The molecule has 0 aliphatic carbocycles. The van der Waals surface area contributed by atoms with Crippen molar-refractivity contribution in [1.82, 2.24) is 20.2 Å². The topological polar surface area (TPSA) is 55.6 Å². The second kappa shape index (κ2) is 5.95. The van der Waals surface area contributed by atoms with Crippen molar-refractivity contribution in [1.29, 1.82) is 0 Å². The van der Waals surface area contributed by atoms with Crippen molar-refractivity contribution >= 4 is 33.0 Å². The van der Waals surface area contributed by atoms with Crippen LogP contribution in [0.15, 0.2) is 35.1 Å². The van der Waals surface area contributed by atoms with Gasteiger partial charge < -0.3 is 5.32 Å². The molecule has 0 amide bonds. The quantitative estimate of drug-likeness (QED) is 0.767. The van der Waals surface area contributed by atoms with Crippen LogP contribution < -0.4 is 5.32 Å². The van der Waals surface area contributed by atoms with Crippen molar-refractivity contribution in [3.05, 3.63) is 50.4 Å². The fourth-order valence-electron chi connectivity index (χ4n) is 2.09. The molecule has 0 spiro atoms. The van der Waals surface area contributed by atoms with Crippen LogP contribution in [0.2, 0.25) is 0 Å². The van der Waals surface area contributed by atoms with Crippen LogP contribution in [0.3, 0.4) is 0 Å². The molecule has 0 aliphatic rings. The highest BCUT2D eigenvalue weighted by Gasteiger charge is 2.05. The minimum atomic E-state index is 0.820. The van der Waals surface area contributed by atoms with Gasteiger partial charge in [0.1, 0.15) is 6.33 Å². The third-order valence-electron chi connectivity index (χ3n) is 3.17. The van der Waals surface area contributed by atoms with Gasteiger partial charge in [-0.05, 0) is 70.0 Å². The maximum atomic E-state index is 3.91. The number of nitrogens with zero attached hydrogens (tertiary/aromatic N) is 4. The van der Waals surface area contributed by atoms with Gasteiger partial charge in [-0.2, -0.15) is 0 Å². The van der Waals surface area contributed by atoms with Gasteiger partial charge in [0.2, 0.25) is 0 Å². The van der Waals surface area contributed by atoms with Gasteiger partial charge >= 0.3 is 0 Å². The lowest BCUT2D eigenvalue weighted by Crippen LogP contribution is -2.01. The first kappa shape index (κ1) is 14.2. The second-order valence-electron chi connectivity index (χ2n) is 4.73. The van der Waals surface area contributed by atoms with Crippen molar-refractivity contribution in [2.24, 2.45) is 0 Å². The van der Waals surface area contributed by atoms with E-state index in [1.165, 1.54) is 14.2 Å². The Kier molecular flexibility index (Phi) is 4.03. The molecule has 0 unspecified atom stereocenters. The fourth-order valence-corrected chi connectivity index (χ4v) is 3.63. The van der Waals surface area contributed by atoms with Crippen LogP contribution in [-0.2, 0) is 6.54 Å². The molecule has 0 fully saturated rings. The van der Waals surface area contributed by atoms with Crippen LogP contribution in [0.1, 0.15) is 15.3 Å². The lowest BCUT2D eigenvalue weighted by molar-refractivity contribution is 0.785. The van der Waals surface area contributed by atoms with Gasteiger partial charge in [0, 0.05) is 26.5 Å². The summed E-state index contributed by atoms with van der Waals surface area (Å²) in [7, 11) is 0. The number of tetrazole rings is 1. The van der Waals surface area contributed by atoms with Crippen LogP contribution in [0.4, 0.5) is 5.69 Å². The Hall–Kier alpha value is -1.73. The molecule has 2 aromatic heterocycles. The van der Waals surface area contributed by atoms with Crippen LogP contribution >= 0.6 is 27.3 Å². The fraction of sp³-hybridized carbons (Fsp3) is 0.214. The van der Waals surface area contributed by atoms with Gasteiger partial charge in [-0.25, -0.2) is 4.68 Å². The Labute approximate surface area is 135 Å². The number of hydrogen-bond donors (Lipinski definition) is 1. The summed E-state index contributed by atoms with van der Waals surface area (Å²) in [5.41, 5.74) is 3.20. The summed E-state index contributed by atoms with van der Waals surface area (Å²) in [6.07, 6.45) is 1.60. The zero-order chi connectivity index (χ0) is 14.8. The average Bonchev–Trinajstić information content (AvgIpc) is 3.08. The molecule has 0 saturated carbocycles. The first-order valence-corrected chi connectivity index (χ1v) is 8.07. The predicted molar refractivity (Wildman–Crippen MR) is 88.0 cm³/mol. The van der Waals surface area contributed by atoms with E-state index in [9.17, 15) is 0 Å². The Balaban J connectivity index is 1.73. The molecule has 1 aromatic carbocycles. The molecular formula is C14H14BrN5S. The third kappa shape index (κ3) is 3.14. The number of hydrogen-bond acceptors (Lipinski definition) is 5. The summed E-state index contributed by atoms with van der Waals surface area (Å²) in [4.78, 5) is 2.61. The van der Waals surface area contributed by atoms with Crippen LogP contribution in [-0.4, -0.2) is 20.2 Å². The Morgan fingerprint density at radius 2 is 2.14 bits per heavy atom. The zero-order valence-corrected chi connectivity index (χ0v) is 14.1. The molecule has 0 aliphatic heterocycles. The second-order valence-corrected chi connectivity index (χ2v) is 6.92.